The van der Waals surface area contributed by atoms with Crippen LogP contribution in [0.4, 0.5) is 4.39 Å². The highest BCUT2D eigenvalue weighted by Crippen LogP contribution is 2.00. The summed E-state index contributed by atoms with van der Waals surface area (Å²) in [5.41, 5.74) is 0.0775. The first-order chi connectivity index (χ1) is 4.34. The maximum absolute atomic E-state index is 12.3. The van der Waals surface area contributed by atoms with Gasteiger partial charge in [0.2, 0.25) is 0 Å². The van der Waals surface area contributed by atoms with Crippen molar-refractivity contribution in [3.8, 4) is 0 Å². The Labute approximate surface area is 52.1 Å². The van der Waals surface area contributed by atoms with Gasteiger partial charge in [0, 0.05) is 0 Å². The summed E-state index contributed by atoms with van der Waals surface area (Å²) >= 11 is 0. The van der Waals surface area contributed by atoms with Gasteiger partial charge in [-0.3, -0.25) is 4.79 Å². The molecule has 0 unspecified atom stereocenters. The monoisotopic (exact) mass is 123 g/mol. The first-order valence-corrected chi connectivity index (χ1v) is 2.45. The molecule has 0 atom stereocenters. The second-order valence-corrected chi connectivity index (χ2v) is 1.57. The van der Waals surface area contributed by atoms with Crippen molar-refractivity contribution in [3.05, 3.63) is 35.6 Å². The van der Waals surface area contributed by atoms with E-state index in [0.29, 0.717) is 6.29 Å². The van der Waals surface area contributed by atoms with Crippen LogP contribution in [0.3, 0.4) is 0 Å². The van der Waals surface area contributed by atoms with E-state index in [4.69, 9.17) is 0 Å². The van der Waals surface area contributed by atoms with E-state index in [1.54, 1.807) is 0 Å². The average molecular weight is 123 g/mol. The zero-order chi connectivity index (χ0) is 6.69. The maximum atomic E-state index is 12.3. The van der Waals surface area contributed by atoms with E-state index in [2.05, 4.69) is 6.07 Å². The fourth-order valence-electron chi connectivity index (χ4n) is 0.518. The minimum atomic E-state index is -0.521. The number of carbonyl (C=O) groups is 1. The van der Waals surface area contributed by atoms with Crippen LogP contribution in [-0.2, 0) is 0 Å². The predicted octanol–water partition coefficient (Wildman–Crippen LogP) is 1.44. The van der Waals surface area contributed by atoms with E-state index in [0.717, 1.165) is 6.07 Å². The van der Waals surface area contributed by atoms with E-state index in [9.17, 15) is 9.18 Å². The predicted molar refractivity (Wildman–Crippen MR) is 30.6 cm³/mol. The van der Waals surface area contributed by atoms with E-state index < -0.39 is 5.82 Å². The summed E-state index contributed by atoms with van der Waals surface area (Å²) in [5, 5.41) is 0. The highest BCUT2D eigenvalue weighted by molar-refractivity contribution is 5.74. The van der Waals surface area contributed by atoms with Gasteiger partial charge in [-0.25, -0.2) is 4.39 Å². The minimum absolute atomic E-state index is 0.0775. The molecule has 2 heteroatoms. The first kappa shape index (κ1) is 5.95. The van der Waals surface area contributed by atoms with Crippen LogP contribution in [-0.4, -0.2) is 6.29 Å². The molecule has 0 N–H and O–H groups in total. The van der Waals surface area contributed by atoms with Gasteiger partial charge in [-0.05, 0) is 18.2 Å². The highest BCUT2D eigenvalue weighted by atomic mass is 19.1. The summed E-state index contributed by atoms with van der Waals surface area (Å²) in [6, 6.07) is 6.50. The smallest absolute Gasteiger partial charge is 0.152 e. The highest BCUT2D eigenvalue weighted by Gasteiger charge is 1.94. The fourth-order valence-corrected chi connectivity index (χ4v) is 0.518. The van der Waals surface area contributed by atoms with Gasteiger partial charge in [-0.2, -0.15) is 0 Å². The molecule has 0 aliphatic heterocycles. The SMILES string of the molecule is O=Cc1cc[c]cc1F. The van der Waals surface area contributed by atoms with Crippen LogP contribution in [0.5, 0.6) is 0 Å². The first-order valence-electron chi connectivity index (χ1n) is 2.45. The molecule has 45 valence electrons. The summed E-state index contributed by atoms with van der Waals surface area (Å²) in [6.07, 6.45) is 0.475. The quantitative estimate of drug-likeness (QED) is 0.516. The lowest BCUT2D eigenvalue weighted by Crippen LogP contribution is -1.83. The standard InChI is InChI=1S/C7H4FO/c8-7-4-2-1-3-6(7)5-9/h1,3-5H. The normalized spacial score (nSPS) is 9.00. The lowest BCUT2D eigenvalue weighted by atomic mass is 10.2. The van der Waals surface area contributed by atoms with E-state index in [1.165, 1.54) is 12.1 Å². The van der Waals surface area contributed by atoms with Crippen LogP contribution in [0.1, 0.15) is 10.4 Å². The largest absolute Gasteiger partial charge is 0.298 e. The van der Waals surface area contributed by atoms with Crippen molar-refractivity contribution in [2.45, 2.75) is 0 Å². The molecular formula is C7H4FO. The Morgan fingerprint density at radius 2 is 2.44 bits per heavy atom. The second-order valence-electron chi connectivity index (χ2n) is 1.57. The Morgan fingerprint density at radius 3 is 2.89 bits per heavy atom. The lowest BCUT2D eigenvalue weighted by molar-refractivity contribution is 0.112. The minimum Gasteiger partial charge on any atom is -0.298 e. The summed E-state index contributed by atoms with van der Waals surface area (Å²) < 4.78 is 12.3. The molecule has 0 aliphatic rings. The molecule has 1 rings (SSSR count). The van der Waals surface area contributed by atoms with E-state index in [-0.39, 0.29) is 5.56 Å². The number of benzene rings is 1. The molecule has 0 saturated heterocycles. The molecule has 0 heterocycles. The number of rotatable bonds is 1. The molecule has 0 amide bonds. The molecule has 1 aromatic rings. The molecule has 0 fully saturated rings. The van der Waals surface area contributed by atoms with Crippen molar-refractivity contribution in [1.82, 2.24) is 0 Å². The van der Waals surface area contributed by atoms with Crippen LogP contribution >= 0.6 is 0 Å². The van der Waals surface area contributed by atoms with E-state index >= 15 is 0 Å². The molecule has 0 aromatic heterocycles. The fraction of sp³-hybridized carbons (Fsp3) is 0. The molecule has 1 nitrogen and oxygen atoms in total. The van der Waals surface area contributed by atoms with Crippen molar-refractivity contribution in [2.75, 3.05) is 0 Å². The van der Waals surface area contributed by atoms with Crippen LogP contribution in [0.15, 0.2) is 18.2 Å². The van der Waals surface area contributed by atoms with Gasteiger partial charge in [-0.15, -0.1) is 0 Å². The van der Waals surface area contributed by atoms with Gasteiger partial charge < -0.3 is 0 Å². The summed E-state index contributed by atoms with van der Waals surface area (Å²) in [7, 11) is 0. The Kier molecular flexibility index (Phi) is 1.58. The van der Waals surface area contributed by atoms with Gasteiger partial charge in [0.15, 0.2) is 6.29 Å². The zero-order valence-electron chi connectivity index (χ0n) is 4.60. The van der Waals surface area contributed by atoms with Crippen LogP contribution < -0.4 is 0 Å². The van der Waals surface area contributed by atoms with Gasteiger partial charge in [-0.1, -0.05) is 6.07 Å². The Hall–Kier alpha value is -1.18. The molecule has 0 saturated carbocycles. The summed E-state index contributed by atoms with van der Waals surface area (Å²) in [5.74, 6) is -0.521. The Bertz CT molecular complexity index is 220. The lowest BCUT2D eigenvalue weighted by Gasteiger charge is -1.87. The van der Waals surface area contributed by atoms with Gasteiger partial charge in [0.25, 0.3) is 0 Å². The van der Waals surface area contributed by atoms with Crippen molar-refractivity contribution in [1.29, 1.82) is 0 Å². The summed E-state index contributed by atoms with van der Waals surface area (Å²) in [6.45, 7) is 0. The Morgan fingerprint density at radius 1 is 1.67 bits per heavy atom. The third-order valence-corrected chi connectivity index (χ3v) is 0.972. The van der Waals surface area contributed by atoms with Crippen molar-refractivity contribution < 1.29 is 9.18 Å². The Balaban J connectivity index is 3.15. The maximum Gasteiger partial charge on any atom is 0.152 e. The molecular weight excluding hydrogens is 119 g/mol. The number of halogens is 1. The topological polar surface area (TPSA) is 17.1 Å². The molecule has 1 aromatic carbocycles. The zero-order valence-corrected chi connectivity index (χ0v) is 4.60. The number of aldehydes is 1. The number of hydrogen-bond donors (Lipinski definition) is 0. The molecule has 0 aliphatic carbocycles. The van der Waals surface area contributed by atoms with Crippen LogP contribution in [0.2, 0.25) is 0 Å². The third kappa shape index (κ3) is 1.13. The molecule has 1 radical (unpaired) electrons. The molecule has 0 bridgehead atoms. The van der Waals surface area contributed by atoms with Gasteiger partial charge in [0.05, 0.1) is 5.56 Å². The number of hydrogen-bond acceptors (Lipinski definition) is 1. The van der Waals surface area contributed by atoms with Crippen LogP contribution in [0.25, 0.3) is 0 Å². The third-order valence-electron chi connectivity index (χ3n) is 0.972. The van der Waals surface area contributed by atoms with Crippen molar-refractivity contribution in [2.24, 2.45) is 0 Å². The van der Waals surface area contributed by atoms with Crippen molar-refractivity contribution >= 4 is 6.29 Å². The van der Waals surface area contributed by atoms with Crippen molar-refractivity contribution in [3.63, 3.8) is 0 Å². The number of carbonyl (C=O) groups excluding carboxylic acids is 1. The second kappa shape index (κ2) is 2.40. The van der Waals surface area contributed by atoms with Gasteiger partial charge >= 0.3 is 0 Å². The average Bonchev–Trinajstić information content (AvgIpc) is 1.89. The van der Waals surface area contributed by atoms with E-state index in [1.807, 2.05) is 0 Å². The summed E-state index contributed by atoms with van der Waals surface area (Å²) in [4.78, 5) is 9.97. The molecule has 9 heavy (non-hydrogen) atoms. The molecule has 0 spiro atoms. The van der Waals surface area contributed by atoms with Gasteiger partial charge in [0.1, 0.15) is 5.82 Å². The van der Waals surface area contributed by atoms with Crippen LogP contribution in [0, 0.1) is 11.9 Å².